The van der Waals surface area contributed by atoms with Gasteiger partial charge in [0.1, 0.15) is 0 Å². The van der Waals surface area contributed by atoms with Crippen LogP contribution in [-0.2, 0) is 0 Å². The molecule has 0 bridgehead atoms. The molecule has 1 rings (SSSR count). The van der Waals surface area contributed by atoms with Crippen LogP contribution in [0.5, 0.6) is 0 Å². The smallest absolute Gasteiger partial charge is 0.205 e. The Morgan fingerprint density at radius 3 is 2.92 bits per heavy atom. The number of nitrogens with two attached hydrogens (primary N) is 1. The van der Waals surface area contributed by atoms with Gasteiger partial charge >= 0.3 is 0 Å². The first-order chi connectivity index (χ1) is 5.86. The predicted molar refractivity (Wildman–Crippen MR) is 49.2 cm³/mol. The lowest BCUT2D eigenvalue weighted by molar-refractivity contribution is 0.562. The van der Waals surface area contributed by atoms with Crippen molar-refractivity contribution < 1.29 is 0 Å². The summed E-state index contributed by atoms with van der Waals surface area (Å²) in [5.41, 5.74) is 2.49. The van der Waals surface area contributed by atoms with Gasteiger partial charge in [-0.15, -0.1) is 11.8 Å². The van der Waals surface area contributed by atoms with Gasteiger partial charge in [0.2, 0.25) is 5.96 Å². The molecule has 0 spiro atoms. The Morgan fingerprint density at radius 1 is 1.58 bits per heavy atom. The van der Waals surface area contributed by atoms with E-state index >= 15 is 0 Å². The Hall–Kier alpha value is -1.21. The molecule has 1 atom stereocenters. The van der Waals surface area contributed by atoms with Crippen LogP contribution < -0.4 is 16.6 Å². The van der Waals surface area contributed by atoms with Gasteiger partial charge in [-0.1, -0.05) is 0 Å². The van der Waals surface area contributed by atoms with Crippen molar-refractivity contribution in [2.24, 2.45) is 10.8 Å². The molecule has 0 aromatic carbocycles. The van der Waals surface area contributed by atoms with Gasteiger partial charge in [0.05, 0.1) is 0 Å². The van der Waals surface area contributed by atoms with Crippen LogP contribution in [0.25, 0.3) is 0 Å². The number of guanidine groups is 1. The second kappa shape index (κ2) is 4.62. The lowest BCUT2D eigenvalue weighted by atomic mass is 10.0. The molecule has 4 nitrogen and oxygen atoms in total. The van der Waals surface area contributed by atoms with Crippen molar-refractivity contribution in [3.05, 3.63) is 0 Å². The maximum atomic E-state index is 5.22. The number of nitrogens with zero attached hydrogens (tertiary/aromatic N) is 1. The minimum atomic E-state index is 0.390. The summed E-state index contributed by atoms with van der Waals surface area (Å²) in [6, 6.07) is 0.390. The third kappa shape index (κ3) is 2.44. The van der Waals surface area contributed by atoms with Crippen molar-refractivity contribution in [3.63, 3.8) is 0 Å². The molecule has 0 radical (unpaired) electrons. The fourth-order valence-corrected chi connectivity index (χ4v) is 1.12. The zero-order chi connectivity index (χ0) is 8.81. The first-order valence-corrected chi connectivity index (χ1v) is 4.02. The third-order valence-electron chi connectivity index (χ3n) is 1.79. The van der Waals surface area contributed by atoms with Crippen LogP contribution in [-0.4, -0.2) is 19.0 Å². The quantitative estimate of drug-likeness (QED) is 0.163. The van der Waals surface area contributed by atoms with Gasteiger partial charge in [-0.25, -0.2) is 5.84 Å². The van der Waals surface area contributed by atoms with Gasteiger partial charge in [0, 0.05) is 25.9 Å². The average molecular weight is 166 g/mol. The normalized spacial score (nSPS) is 22.5. The van der Waals surface area contributed by atoms with E-state index in [2.05, 4.69) is 27.6 Å². The topological polar surface area (TPSA) is 62.4 Å². The third-order valence-corrected chi connectivity index (χ3v) is 1.79. The van der Waals surface area contributed by atoms with Gasteiger partial charge in [-0.05, 0) is 6.42 Å². The van der Waals surface area contributed by atoms with E-state index < -0.39 is 0 Å². The number of nitrogens with one attached hydrogen (secondary N) is 2. The highest BCUT2D eigenvalue weighted by molar-refractivity contribution is 5.79. The second-order valence-corrected chi connectivity index (χ2v) is 2.65. The Bertz CT molecular complexity index is 223. The molecule has 0 fully saturated rings. The monoisotopic (exact) mass is 166 g/mol. The molecule has 0 aromatic rings. The molecule has 4 N–H and O–H groups in total. The number of hydrogen-bond donors (Lipinski definition) is 3. The molecule has 1 unspecified atom stereocenters. The van der Waals surface area contributed by atoms with Gasteiger partial charge in [0.25, 0.3) is 0 Å². The van der Waals surface area contributed by atoms with Crippen LogP contribution in [0.3, 0.4) is 0 Å². The van der Waals surface area contributed by atoms with Gasteiger partial charge in [0.15, 0.2) is 0 Å². The highest BCUT2D eigenvalue weighted by Crippen LogP contribution is 2.04. The van der Waals surface area contributed by atoms with Crippen molar-refractivity contribution in [3.8, 4) is 11.8 Å². The van der Waals surface area contributed by atoms with Gasteiger partial charge < -0.3 is 5.32 Å². The summed E-state index contributed by atoms with van der Waals surface area (Å²) in [6.45, 7) is 0. The predicted octanol–water partition coefficient (Wildman–Crippen LogP) is -0.419. The zero-order valence-electron chi connectivity index (χ0n) is 7.22. The molecule has 0 amide bonds. The summed E-state index contributed by atoms with van der Waals surface area (Å²) in [5, 5.41) is 3.17. The molecule has 0 heterocycles. The van der Waals surface area contributed by atoms with Gasteiger partial charge in [-0.3, -0.25) is 10.4 Å². The van der Waals surface area contributed by atoms with E-state index in [1.54, 1.807) is 7.05 Å². The van der Waals surface area contributed by atoms with Crippen molar-refractivity contribution in [2.75, 3.05) is 7.05 Å². The van der Waals surface area contributed by atoms with Crippen LogP contribution >= 0.6 is 0 Å². The fourth-order valence-electron chi connectivity index (χ4n) is 1.12. The van der Waals surface area contributed by atoms with E-state index in [4.69, 9.17) is 5.84 Å². The largest absolute Gasteiger partial charge is 0.352 e. The summed E-state index contributed by atoms with van der Waals surface area (Å²) in [4.78, 5) is 3.92. The molecule has 0 aliphatic heterocycles. The lowest BCUT2D eigenvalue weighted by Gasteiger charge is -2.18. The van der Waals surface area contributed by atoms with Crippen molar-refractivity contribution >= 4 is 5.96 Å². The van der Waals surface area contributed by atoms with Crippen LogP contribution in [0.4, 0.5) is 0 Å². The molecule has 0 saturated heterocycles. The van der Waals surface area contributed by atoms with E-state index in [0.717, 1.165) is 19.3 Å². The number of hydrogen-bond acceptors (Lipinski definition) is 2. The van der Waals surface area contributed by atoms with Gasteiger partial charge in [-0.2, -0.15) is 0 Å². The second-order valence-electron chi connectivity index (χ2n) is 2.65. The van der Waals surface area contributed by atoms with Crippen LogP contribution in [0, 0.1) is 11.8 Å². The summed E-state index contributed by atoms with van der Waals surface area (Å²) in [5.74, 6) is 11.9. The maximum absolute atomic E-state index is 5.22. The highest BCUT2D eigenvalue weighted by Gasteiger charge is 2.09. The molecular weight excluding hydrogens is 152 g/mol. The van der Waals surface area contributed by atoms with Crippen molar-refractivity contribution in [2.45, 2.75) is 25.3 Å². The number of rotatable bonds is 1. The van der Waals surface area contributed by atoms with E-state index in [1.807, 2.05) is 0 Å². The van der Waals surface area contributed by atoms with E-state index in [9.17, 15) is 0 Å². The summed E-state index contributed by atoms with van der Waals surface area (Å²) in [6.07, 6.45) is 2.90. The molecular formula is C8H14N4. The Kier molecular flexibility index (Phi) is 3.42. The van der Waals surface area contributed by atoms with Crippen molar-refractivity contribution in [1.82, 2.24) is 10.7 Å². The fraction of sp³-hybridized carbons (Fsp3) is 0.625. The molecule has 0 aromatic heterocycles. The summed E-state index contributed by atoms with van der Waals surface area (Å²) in [7, 11) is 1.69. The summed E-state index contributed by atoms with van der Waals surface area (Å²) < 4.78 is 0. The van der Waals surface area contributed by atoms with Crippen LogP contribution in [0.1, 0.15) is 19.3 Å². The minimum absolute atomic E-state index is 0.390. The van der Waals surface area contributed by atoms with E-state index in [0.29, 0.717) is 12.0 Å². The minimum Gasteiger partial charge on any atom is -0.352 e. The van der Waals surface area contributed by atoms with E-state index in [-0.39, 0.29) is 0 Å². The summed E-state index contributed by atoms with van der Waals surface area (Å²) >= 11 is 0. The highest BCUT2D eigenvalue weighted by atomic mass is 15.3. The molecule has 12 heavy (non-hydrogen) atoms. The Morgan fingerprint density at radius 2 is 2.42 bits per heavy atom. The average Bonchev–Trinajstić information content (AvgIpc) is 2.16. The first kappa shape index (κ1) is 8.88. The Balaban J connectivity index is 2.37. The number of hydrazine groups is 1. The molecule has 1 aliphatic rings. The zero-order valence-corrected chi connectivity index (χ0v) is 7.22. The first-order valence-electron chi connectivity index (χ1n) is 4.02. The SMILES string of the molecule is CN=C(NN)NC1CC#CCC1. The number of aliphatic imine (C=N–C) groups is 1. The molecule has 4 heteroatoms. The Labute approximate surface area is 72.6 Å². The maximum Gasteiger partial charge on any atom is 0.205 e. The molecule has 66 valence electrons. The van der Waals surface area contributed by atoms with Crippen LogP contribution in [0.2, 0.25) is 0 Å². The molecule has 0 saturated carbocycles. The lowest BCUT2D eigenvalue weighted by Crippen LogP contribution is -2.46. The van der Waals surface area contributed by atoms with Crippen LogP contribution in [0.15, 0.2) is 4.99 Å². The standard InChI is InChI=1S/C8H14N4/c1-10-8(12-9)11-7-5-3-2-4-6-7/h7H,3,5-6,9H2,1H3,(H2,10,11,12). The van der Waals surface area contributed by atoms with Crippen molar-refractivity contribution in [1.29, 1.82) is 0 Å². The van der Waals surface area contributed by atoms with E-state index in [1.165, 1.54) is 0 Å². The molecule has 1 aliphatic carbocycles.